The zero-order valence-corrected chi connectivity index (χ0v) is 11.2. The summed E-state index contributed by atoms with van der Waals surface area (Å²) < 4.78 is 0. The molecule has 1 saturated heterocycles. The van der Waals surface area contributed by atoms with Crippen molar-refractivity contribution in [1.82, 2.24) is 10.2 Å². The van der Waals surface area contributed by atoms with Crippen molar-refractivity contribution in [3.63, 3.8) is 0 Å². The second kappa shape index (κ2) is 5.57. The monoisotopic (exact) mass is 256 g/mol. The van der Waals surface area contributed by atoms with E-state index in [1.165, 1.54) is 11.1 Å². The Hall–Kier alpha value is -1.61. The number of carbonyl (C=O) groups excluding carboxylic acids is 1. The quantitative estimate of drug-likeness (QED) is 0.821. The van der Waals surface area contributed by atoms with Crippen molar-refractivity contribution in [3.8, 4) is 0 Å². The van der Waals surface area contributed by atoms with Crippen LogP contribution >= 0.6 is 0 Å². The molecule has 2 aliphatic heterocycles. The van der Waals surface area contributed by atoms with Gasteiger partial charge in [-0.1, -0.05) is 18.2 Å². The summed E-state index contributed by atoms with van der Waals surface area (Å²) in [5.74, 6) is 0.150. The Morgan fingerprint density at radius 1 is 1.21 bits per heavy atom. The summed E-state index contributed by atoms with van der Waals surface area (Å²) in [4.78, 5) is 13.9. The molecule has 100 valence electrons. The summed E-state index contributed by atoms with van der Waals surface area (Å²) in [7, 11) is 0. The Labute approximate surface area is 114 Å². The van der Waals surface area contributed by atoms with Gasteiger partial charge in [-0.15, -0.1) is 0 Å². The lowest BCUT2D eigenvalue weighted by Gasteiger charge is -2.17. The van der Waals surface area contributed by atoms with Crippen LogP contribution in [-0.4, -0.2) is 30.4 Å². The van der Waals surface area contributed by atoms with Gasteiger partial charge in [-0.25, -0.2) is 0 Å². The third-order valence-corrected chi connectivity index (χ3v) is 3.95. The molecule has 3 heteroatoms. The number of fused-ring (bicyclic) bond motifs is 1. The lowest BCUT2D eigenvalue weighted by molar-refractivity contribution is -0.124. The van der Waals surface area contributed by atoms with Crippen LogP contribution < -0.4 is 5.32 Å². The number of carbonyl (C=O) groups is 1. The van der Waals surface area contributed by atoms with Crippen LogP contribution in [0.4, 0.5) is 0 Å². The third-order valence-electron chi connectivity index (χ3n) is 3.95. The van der Waals surface area contributed by atoms with Crippen LogP contribution in [0.25, 0.3) is 6.08 Å². The minimum atomic E-state index is 0.150. The number of nitrogens with zero attached hydrogens (tertiary/aromatic N) is 1. The molecule has 2 aliphatic rings. The Balaban J connectivity index is 1.70. The van der Waals surface area contributed by atoms with Crippen LogP contribution in [0.5, 0.6) is 0 Å². The number of rotatable bonds is 2. The average molecular weight is 256 g/mol. The number of hydrogen-bond donors (Lipinski definition) is 1. The van der Waals surface area contributed by atoms with Crippen LogP contribution in [-0.2, 0) is 17.8 Å². The molecular formula is C16H20N2O. The highest BCUT2D eigenvalue weighted by atomic mass is 16.2. The number of hydrogen-bond acceptors (Lipinski definition) is 2. The molecule has 0 atom stereocenters. The average Bonchev–Trinajstić information content (AvgIpc) is 2.99. The van der Waals surface area contributed by atoms with Crippen LogP contribution in [0.3, 0.4) is 0 Å². The maximum atomic E-state index is 11.9. The fourth-order valence-electron chi connectivity index (χ4n) is 2.81. The summed E-state index contributed by atoms with van der Waals surface area (Å²) in [5, 5.41) is 3.37. The van der Waals surface area contributed by atoms with Crippen molar-refractivity contribution in [2.45, 2.75) is 25.8 Å². The molecule has 0 aliphatic carbocycles. The number of nitrogens with one attached hydrogen (secondary N) is 1. The van der Waals surface area contributed by atoms with Gasteiger partial charge in [0.1, 0.15) is 0 Å². The van der Waals surface area contributed by atoms with E-state index in [4.69, 9.17) is 0 Å². The summed E-state index contributed by atoms with van der Waals surface area (Å²) in [6.07, 6.45) is 7.03. The number of amides is 1. The van der Waals surface area contributed by atoms with Crippen LogP contribution in [0.15, 0.2) is 24.3 Å². The normalized spacial score (nSPS) is 18.8. The van der Waals surface area contributed by atoms with Crippen molar-refractivity contribution < 1.29 is 4.79 Å². The zero-order chi connectivity index (χ0) is 13.1. The highest BCUT2D eigenvalue weighted by molar-refractivity contribution is 5.91. The van der Waals surface area contributed by atoms with Crippen LogP contribution in [0, 0.1) is 0 Å². The predicted molar refractivity (Wildman–Crippen MR) is 76.7 cm³/mol. The first kappa shape index (κ1) is 12.4. The van der Waals surface area contributed by atoms with Crippen LogP contribution in [0.1, 0.15) is 29.5 Å². The van der Waals surface area contributed by atoms with Gasteiger partial charge in [0.15, 0.2) is 0 Å². The van der Waals surface area contributed by atoms with Crippen molar-refractivity contribution in [2.24, 2.45) is 0 Å². The van der Waals surface area contributed by atoms with E-state index in [1.54, 1.807) is 6.08 Å². The first-order valence-electron chi connectivity index (χ1n) is 7.12. The van der Waals surface area contributed by atoms with Gasteiger partial charge < -0.3 is 10.2 Å². The van der Waals surface area contributed by atoms with Gasteiger partial charge in [-0.05, 0) is 48.6 Å². The number of likely N-dealkylation sites (tertiary alicyclic amines) is 1. The van der Waals surface area contributed by atoms with E-state index in [9.17, 15) is 4.79 Å². The summed E-state index contributed by atoms with van der Waals surface area (Å²) in [6, 6.07) is 6.48. The number of benzene rings is 1. The van der Waals surface area contributed by atoms with Crippen molar-refractivity contribution in [3.05, 3.63) is 41.0 Å². The molecule has 3 nitrogen and oxygen atoms in total. The standard InChI is InChI=1S/C16H20N2O/c19-16(18-9-1-2-10-18)6-4-13-3-5-15-12-17-8-7-14(15)11-13/h3-6,11,17H,1-2,7-10,12H2. The third kappa shape index (κ3) is 2.87. The highest BCUT2D eigenvalue weighted by Crippen LogP contribution is 2.17. The maximum absolute atomic E-state index is 11.9. The lowest BCUT2D eigenvalue weighted by Crippen LogP contribution is -2.25. The molecule has 1 aromatic rings. The van der Waals surface area contributed by atoms with E-state index >= 15 is 0 Å². The minimum absolute atomic E-state index is 0.150. The molecule has 0 bridgehead atoms. The van der Waals surface area contributed by atoms with Gasteiger partial charge in [0.05, 0.1) is 0 Å². The SMILES string of the molecule is O=C(C=Cc1ccc2c(c1)CCNC2)N1CCCC1. The molecule has 2 heterocycles. The molecular weight excluding hydrogens is 236 g/mol. The second-order valence-corrected chi connectivity index (χ2v) is 5.32. The fourth-order valence-corrected chi connectivity index (χ4v) is 2.81. The first-order chi connectivity index (χ1) is 9.33. The van der Waals surface area contributed by atoms with E-state index < -0.39 is 0 Å². The van der Waals surface area contributed by atoms with Gasteiger partial charge in [0.2, 0.25) is 5.91 Å². The summed E-state index contributed by atoms with van der Waals surface area (Å²) in [6.45, 7) is 3.84. The minimum Gasteiger partial charge on any atom is -0.339 e. The van der Waals surface area contributed by atoms with Gasteiger partial charge in [-0.2, -0.15) is 0 Å². The van der Waals surface area contributed by atoms with Gasteiger partial charge >= 0.3 is 0 Å². The molecule has 0 spiro atoms. The van der Waals surface area contributed by atoms with Gasteiger partial charge in [0, 0.05) is 25.7 Å². The molecule has 0 saturated carbocycles. The molecule has 1 fully saturated rings. The van der Waals surface area contributed by atoms with E-state index in [0.717, 1.165) is 51.0 Å². The molecule has 1 N–H and O–H groups in total. The van der Waals surface area contributed by atoms with E-state index in [1.807, 2.05) is 11.0 Å². The van der Waals surface area contributed by atoms with Crippen molar-refractivity contribution >= 4 is 12.0 Å². The Morgan fingerprint density at radius 3 is 2.89 bits per heavy atom. The molecule has 19 heavy (non-hydrogen) atoms. The van der Waals surface area contributed by atoms with Crippen LogP contribution in [0.2, 0.25) is 0 Å². The Bertz CT molecular complexity index is 501. The first-order valence-corrected chi connectivity index (χ1v) is 7.12. The van der Waals surface area contributed by atoms with Crippen molar-refractivity contribution in [2.75, 3.05) is 19.6 Å². The molecule has 0 unspecified atom stereocenters. The second-order valence-electron chi connectivity index (χ2n) is 5.32. The topological polar surface area (TPSA) is 32.3 Å². The summed E-state index contributed by atoms with van der Waals surface area (Å²) >= 11 is 0. The van der Waals surface area contributed by atoms with E-state index in [0.29, 0.717) is 0 Å². The van der Waals surface area contributed by atoms with Gasteiger partial charge in [-0.3, -0.25) is 4.79 Å². The highest BCUT2D eigenvalue weighted by Gasteiger charge is 2.15. The molecule has 1 aromatic carbocycles. The molecule has 0 radical (unpaired) electrons. The largest absolute Gasteiger partial charge is 0.339 e. The molecule has 3 rings (SSSR count). The van der Waals surface area contributed by atoms with E-state index in [-0.39, 0.29) is 5.91 Å². The molecule has 1 amide bonds. The summed E-state index contributed by atoms with van der Waals surface area (Å²) in [5.41, 5.74) is 3.93. The Kier molecular flexibility index (Phi) is 3.65. The maximum Gasteiger partial charge on any atom is 0.246 e. The van der Waals surface area contributed by atoms with Crippen molar-refractivity contribution in [1.29, 1.82) is 0 Å². The zero-order valence-electron chi connectivity index (χ0n) is 11.2. The Morgan fingerprint density at radius 2 is 2.05 bits per heavy atom. The smallest absolute Gasteiger partial charge is 0.246 e. The fraction of sp³-hybridized carbons (Fsp3) is 0.438. The van der Waals surface area contributed by atoms with E-state index in [2.05, 4.69) is 23.5 Å². The lowest BCUT2D eigenvalue weighted by atomic mass is 9.98. The molecule has 0 aromatic heterocycles. The predicted octanol–water partition coefficient (Wildman–Crippen LogP) is 1.97. The van der Waals surface area contributed by atoms with Gasteiger partial charge in [0.25, 0.3) is 0 Å².